The Morgan fingerprint density at radius 2 is 1.95 bits per heavy atom. The molecule has 0 aliphatic carbocycles. The lowest BCUT2D eigenvalue weighted by atomic mass is 9.98. The lowest BCUT2D eigenvalue weighted by Crippen LogP contribution is -2.36. The van der Waals surface area contributed by atoms with Gasteiger partial charge in [-0.05, 0) is 50.0 Å². The molecule has 0 aromatic heterocycles. The van der Waals surface area contributed by atoms with Crippen LogP contribution >= 0.6 is 12.4 Å². The third-order valence-electron chi connectivity index (χ3n) is 3.46. The van der Waals surface area contributed by atoms with E-state index in [4.69, 9.17) is 0 Å². The quantitative estimate of drug-likeness (QED) is 0.898. The molecule has 0 radical (unpaired) electrons. The third kappa shape index (κ3) is 5.21. The Morgan fingerprint density at radius 1 is 1.29 bits per heavy atom. The minimum absolute atomic E-state index is 0. The van der Waals surface area contributed by atoms with Gasteiger partial charge in [0.1, 0.15) is 0 Å². The first-order chi connectivity index (χ1) is 9.47. The number of benzene rings is 1. The number of alkyl halides is 3. The summed E-state index contributed by atoms with van der Waals surface area (Å²) in [5.74, 6) is -0.0550. The summed E-state index contributed by atoms with van der Waals surface area (Å²) in [5, 5.41) is 5.93. The fourth-order valence-corrected chi connectivity index (χ4v) is 2.26. The van der Waals surface area contributed by atoms with E-state index in [0.717, 1.165) is 38.1 Å². The molecule has 21 heavy (non-hydrogen) atoms. The summed E-state index contributed by atoms with van der Waals surface area (Å²) in [5.41, 5.74) is -0.749. The van der Waals surface area contributed by atoms with Crippen LogP contribution in [0.15, 0.2) is 24.3 Å². The van der Waals surface area contributed by atoms with Crippen molar-refractivity contribution >= 4 is 18.3 Å². The van der Waals surface area contributed by atoms with Crippen molar-refractivity contribution < 1.29 is 18.0 Å². The van der Waals surface area contributed by atoms with Gasteiger partial charge in [0, 0.05) is 12.1 Å². The van der Waals surface area contributed by atoms with Gasteiger partial charge >= 0.3 is 6.18 Å². The highest BCUT2D eigenvalue weighted by molar-refractivity contribution is 5.94. The van der Waals surface area contributed by atoms with Gasteiger partial charge in [-0.1, -0.05) is 6.07 Å². The lowest BCUT2D eigenvalue weighted by molar-refractivity contribution is -0.137. The van der Waals surface area contributed by atoms with Crippen molar-refractivity contribution in [2.75, 3.05) is 19.6 Å². The van der Waals surface area contributed by atoms with Crippen LogP contribution in [0, 0.1) is 5.92 Å². The molecule has 1 aliphatic rings. The number of carbonyl (C=O) groups is 1. The predicted octanol–water partition coefficient (Wildman–Crippen LogP) is 2.86. The van der Waals surface area contributed by atoms with Gasteiger partial charge in [0.25, 0.3) is 5.91 Å². The molecule has 1 amide bonds. The van der Waals surface area contributed by atoms with E-state index in [1.54, 1.807) is 0 Å². The van der Waals surface area contributed by atoms with Gasteiger partial charge in [0.15, 0.2) is 0 Å². The first-order valence-corrected chi connectivity index (χ1v) is 6.63. The Kier molecular flexibility index (Phi) is 6.48. The van der Waals surface area contributed by atoms with Crippen LogP contribution in [0.25, 0.3) is 0 Å². The summed E-state index contributed by atoms with van der Waals surface area (Å²) in [6, 6.07) is 4.50. The highest BCUT2D eigenvalue weighted by atomic mass is 35.5. The first-order valence-electron chi connectivity index (χ1n) is 6.63. The number of amides is 1. The second kappa shape index (κ2) is 7.66. The van der Waals surface area contributed by atoms with Gasteiger partial charge in [0.05, 0.1) is 5.56 Å². The third-order valence-corrected chi connectivity index (χ3v) is 3.46. The van der Waals surface area contributed by atoms with E-state index in [9.17, 15) is 18.0 Å². The van der Waals surface area contributed by atoms with Crippen molar-refractivity contribution in [3.05, 3.63) is 35.4 Å². The molecular weight excluding hydrogens is 305 g/mol. The largest absolute Gasteiger partial charge is 0.416 e. The molecule has 1 aromatic rings. The van der Waals surface area contributed by atoms with Crippen LogP contribution in [0.5, 0.6) is 0 Å². The fourth-order valence-electron chi connectivity index (χ4n) is 2.26. The van der Waals surface area contributed by atoms with Gasteiger partial charge in [-0.3, -0.25) is 4.79 Å². The average molecular weight is 323 g/mol. The van der Waals surface area contributed by atoms with Gasteiger partial charge in [0.2, 0.25) is 0 Å². The number of carbonyl (C=O) groups excluding carboxylic acids is 1. The molecule has 1 aromatic carbocycles. The standard InChI is InChI=1S/C14H17F3N2O.ClH/c15-14(16,17)12-3-1-2-11(8-12)13(20)19-9-10-4-6-18-7-5-10;/h1-3,8,10,18H,4-7,9H2,(H,19,20);1H. The Labute approximate surface area is 127 Å². The van der Waals surface area contributed by atoms with Crippen molar-refractivity contribution in [1.82, 2.24) is 10.6 Å². The van der Waals surface area contributed by atoms with Gasteiger partial charge in [-0.25, -0.2) is 0 Å². The van der Waals surface area contributed by atoms with Crippen LogP contribution in [0.3, 0.4) is 0 Å². The minimum atomic E-state index is -4.43. The zero-order valence-electron chi connectivity index (χ0n) is 11.4. The van der Waals surface area contributed by atoms with Crippen LogP contribution < -0.4 is 10.6 Å². The molecule has 3 nitrogen and oxygen atoms in total. The molecule has 1 saturated heterocycles. The maximum absolute atomic E-state index is 12.6. The van der Waals surface area contributed by atoms with E-state index in [1.165, 1.54) is 12.1 Å². The summed E-state index contributed by atoms with van der Waals surface area (Å²) >= 11 is 0. The molecule has 0 unspecified atom stereocenters. The maximum Gasteiger partial charge on any atom is 0.416 e. The molecule has 2 N–H and O–H groups in total. The van der Waals surface area contributed by atoms with Crippen molar-refractivity contribution in [3.8, 4) is 0 Å². The number of hydrogen-bond acceptors (Lipinski definition) is 2. The molecule has 0 bridgehead atoms. The van der Waals surface area contributed by atoms with Crippen LogP contribution in [-0.2, 0) is 6.18 Å². The predicted molar refractivity (Wildman–Crippen MR) is 76.6 cm³/mol. The van der Waals surface area contributed by atoms with E-state index in [0.29, 0.717) is 12.5 Å². The second-order valence-corrected chi connectivity index (χ2v) is 4.98. The maximum atomic E-state index is 12.6. The minimum Gasteiger partial charge on any atom is -0.352 e. The number of halogens is 4. The molecule has 1 fully saturated rings. The van der Waals surface area contributed by atoms with E-state index in [2.05, 4.69) is 10.6 Å². The summed E-state index contributed by atoms with van der Waals surface area (Å²) in [7, 11) is 0. The molecule has 0 spiro atoms. The molecule has 7 heteroatoms. The second-order valence-electron chi connectivity index (χ2n) is 4.98. The highest BCUT2D eigenvalue weighted by Gasteiger charge is 2.30. The van der Waals surface area contributed by atoms with Crippen LogP contribution in [0.4, 0.5) is 13.2 Å². The summed E-state index contributed by atoms with van der Waals surface area (Å²) < 4.78 is 37.7. The van der Waals surface area contributed by atoms with E-state index >= 15 is 0 Å². The average Bonchev–Trinajstić information content (AvgIpc) is 2.45. The lowest BCUT2D eigenvalue weighted by Gasteiger charge is -2.22. The summed E-state index contributed by atoms with van der Waals surface area (Å²) in [4.78, 5) is 11.9. The van der Waals surface area contributed by atoms with Crippen LogP contribution in [-0.4, -0.2) is 25.5 Å². The Hall–Kier alpha value is -1.27. The highest BCUT2D eigenvalue weighted by Crippen LogP contribution is 2.29. The number of piperidine rings is 1. The fraction of sp³-hybridized carbons (Fsp3) is 0.500. The SMILES string of the molecule is Cl.O=C(NCC1CCNCC1)c1cccc(C(F)(F)F)c1. The van der Waals surface area contributed by atoms with Crippen LogP contribution in [0.1, 0.15) is 28.8 Å². The van der Waals surface area contributed by atoms with Crippen molar-refractivity contribution in [3.63, 3.8) is 0 Å². The molecule has 1 aliphatic heterocycles. The van der Waals surface area contributed by atoms with E-state index in [-0.39, 0.29) is 18.0 Å². The van der Waals surface area contributed by atoms with Crippen LogP contribution in [0.2, 0.25) is 0 Å². The Morgan fingerprint density at radius 3 is 2.57 bits per heavy atom. The zero-order valence-corrected chi connectivity index (χ0v) is 12.2. The topological polar surface area (TPSA) is 41.1 Å². The molecule has 0 atom stereocenters. The van der Waals surface area contributed by atoms with Crippen molar-refractivity contribution in [2.24, 2.45) is 5.92 Å². The number of rotatable bonds is 3. The van der Waals surface area contributed by atoms with Crippen molar-refractivity contribution in [2.45, 2.75) is 19.0 Å². The van der Waals surface area contributed by atoms with Gasteiger partial charge in [-0.2, -0.15) is 13.2 Å². The molecular formula is C14H18ClF3N2O. The number of nitrogens with one attached hydrogen (secondary N) is 2. The Balaban J connectivity index is 0.00000220. The summed E-state index contributed by atoms with van der Waals surface area (Å²) in [6.45, 7) is 2.35. The van der Waals surface area contributed by atoms with Gasteiger partial charge < -0.3 is 10.6 Å². The number of hydrogen-bond donors (Lipinski definition) is 2. The molecule has 2 rings (SSSR count). The normalized spacial score (nSPS) is 16.1. The molecule has 0 saturated carbocycles. The molecule has 118 valence electrons. The first kappa shape index (κ1) is 17.8. The van der Waals surface area contributed by atoms with E-state index in [1.807, 2.05) is 0 Å². The smallest absolute Gasteiger partial charge is 0.352 e. The monoisotopic (exact) mass is 322 g/mol. The summed E-state index contributed by atoms with van der Waals surface area (Å²) in [6.07, 6.45) is -2.48. The Bertz CT molecular complexity index is 474. The molecule has 1 heterocycles. The zero-order chi connectivity index (χ0) is 14.6. The van der Waals surface area contributed by atoms with E-state index < -0.39 is 17.6 Å². The van der Waals surface area contributed by atoms with Gasteiger partial charge in [-0.15, -0.1) is 12.4 Å². The van der Waals surface area contributed by atoms with Crippen molar-refractivity contribution in [1.29, 1.82) is 0 Å².